The Hall–Kier alpha value is -1.10. The van der Waals surface area contributed by atoms with Crippen molar-refractivity contribution in [1.29, 1.82) is 0 Å². The fourth-order valence-electron chi connectivity index (χ4n) is 2.27. The Morgan fingerprint density at radius 1 is 1.38 bits per heavy atom. The average Bonchev–Trinajstić information content (AvgIpc) is 2.88. The van der Waals surface area contributed by atoms with Crippen molar-refractivity contribution in [1.82, 2.24) is 19.8 Å². The molecular weight excluding hydrogens is 314 g/mol. The Kier molecular flexibility index (Phi) is 5.25. The number of sulfonamides is 1. The summed E-state index contributed by atoms with van der Waals surface area (Å²) in [6, 6.07) is 0. The first-order chi connectivity index (χ1) is 9.93. The lowest BCUT2D eigenvalue weighted by molar-refractivity contribution is -0.114. The number of nitrogens with zero attached hydrogens (tertiary/aromatic N) is 3. The summed E-state index contributed by atoms with van der Waals surface area (Å²) in [5.74, 6) is 0.203. The van der Waals surface area contributed by atoms with Gasteiger partial charge in [-0.05, 0) is 32.4 Å². The Morgan fingerprint density at radius 2 is 2.05 bits per heavy atom. The van der Waals surface area contributed by atoms with Crippen molar-refractivity contribution in [2.75, 3.05) is 32.0 Å². The molecule has 1 aromatic heterocycles. The molecule has 1 aromatic rings. The van der Waals surface area contributed by atoms with E-state index >= 15 is 0 Å². The van der Waals surface area contributed by atoms with Crippen LogP contribution in [-0.2, 0) is 14.8 Å². The summed E-state index contributed by atoms with van der Waals surface area (Å²) in [4.78, 5) is 10.9. The van der Waals surface area contributed by atoms with Crippen molar-refractivity contribution in [2.45, 2.75) is 24.1 Å². The molecule has 118 valence electrons. The summed E-state index contributed by atoms with van der Waals surface area (Å²) in [6.07, 6.45) is 1.66. The largest absolute Gasteiger partial charge is 0.319 e. The molecule has 1 amide bonds. The number of hydrogen-bond acceptors (Lipinski definition) is 7. The summed E-state index contributed by atoms with van der Waals surface area (Å²) in [6.45, 7) is 3.22. The Morgan fingerprint density at radius 3 is 2.62 bits per heavy atom. The highest BCUT2D eigenvalue weighted by atomic mass is 32.2. The minimum absolute atomic E-state index is 0.0710. The first-order valence-corrected chi connectivity index (χ1v) is 8.95. The van der Waals surface area contributed by atoms with Crippen LogP contribution >= 0.6 is 11.3 Å². The van der Waals surface area contributed by atoms with E-state index < -0.39 is 10.0 Å². The number of piperidine rings is 1. The topological polar surface area (TPSA) is 104 Å². The van der Waals surface area contributed by atoms with Gasteiger partial charge in [0.1, 0.15) is 0 Å². The SMILES string of the molecule is CNCC1CCN(S(=O)(=O)c2nnc(NC(C)=O)s2)CC1. The fraction of sp³-hybridized carbons (Fsp3) is 0.727. The number of amides is 1. The third kappa shape index (κ3) is 3.96. The number of anilines is 1. The quantitative estimate of drug-likeness (QED) is 0.742. The molecule has 0 atom stereocenters. The lowest BCUT2D eigenvalue weighted by Crippen LogP contribution is -2.40. The van der Waals surface area contributed by atoms with E-state index in [9.17, 15) is 13.2 Å². The van der Waals surface area contributed by atoms with Crippen LogP contribution in [0.3, 0.4) is 0 Å². The summed E-state index contributed by atoms with van der Waals surface area (Å²) in [5, 5.41) is 13.1. The predicted molar refractivity (Wildman–Crippen MR) is 79.6 cm³/mol. The van der Waals surface area contributed by atoms with E-state index in [1.165, 1.54) is 11.2 Å². The van der Waals surface area contributed by atoms with E-state index in [4.69, 9.17) is 0 Å². The van der Waals surface area contributed by atoms with Gasteiger partial charge in [-0.2, -0.15) is 4.31 Å². The van der Waals surface area contributed by atoms with Crippen molar-refractivity contribution >= 4 is 32.4 Å². The molecule has 1 fully saturated rings. The van der Waals surface area contributed by atoms with Gasteiger partial charge in [-0.15, -0.1) is 10.2 Å². The molecule has 0 saturated carbocycles. The molecule has 0 aromatic carbocycles. The van der Waals surface area contributed by atoms with Crippen molar-refractivity contribution in [3.63, 3.8) is 0 Å². The smallest absolute Gasteiger partial charge is 0.272 e. The van der Waals surface area contributed by atoms with Gasteiger partial charge >= 0.3 is 0 Å². The molecule has 0 spiro atoms. The number of aromatic nitrogens is 2. The molecule has 1 saturated heterocycles. The van der Waals surface area contributed by atoms with Crippen molar-refractivity contribution in [3.05, 3.63) is 0 Å². The van der Waals surface area contributed by atoms with Gasteiger partial charge in [0, 0.05) is 20.0 Å². The van der Waals surface area contributed by atoms with Gasteiger partial charge < -0.3 is 10.6 Å². The molecule has 1 aliphatic rings. The van der Waals surface area contributed by atoms with E-state index in [2.05, 4.69) is 20.8 Å². The van der Waals surface area contributed by atoms with Gasteiger partial charge in [-0.3, -0.25) is 4.79 Å². The fourth-order valence-corrected chi connectivity index (χ4v) is 4.82. The van der Waals surface area contributed by atoms with Crippen LogP contribution in [0.1, 0.15) is 19.8 Å². The van der Waals surface area contributed by atoms with Crippen LogP contribution in [0, 0.1) is 5.92 Å². The predicted octanol–water partition coefficient (Wildman–Crippen LogP) is 0.117. The maximum atomic E-state index is 12.5. The zero-order valence-corrected chi connectivity index (χ0v) is 13.6. The van der Waals surface area contributed by atoms with Gasteiger partial charge in [0.2, 0.25) is 15.4 Å². The first kappa shape index (κ1) is 16.3. The van der Waals surface area contributed by atoms with Gasteiger partial charge in [0.05, 0.1) is 0 Å². The molecule has 2 rings (SSSR count). The van der Waals surface area contributed by atoms with E-state index in [-0.39, 0.29) is 15.4 Å². The van der Waals surface area contributed by atoms with Gasteiger partial charge in [-0.1, -0.05) is 11.3 Å². The van der Waals surface area contributed by atoms with Crippen molar-refractivity contribution in [3.8, 4) is 0 Å². The second-order valence-electron chi connectivity index (χ2n) is 4.96. The zero-order chi connectivity index (χ0) is 15.5. The summed E-state index contributed by atoms with van der Waals surface area (Å²) in [7, 11) is -1.71. The van der Waals surface area contributed by atoms with Crippen LogP contribution in [0.5, 0.6) is 0 Å². The van der Waals surface area contributed by atoms with E-state index in [0.29, 0.717) is 19.0 Å². The number of hydrogen-bond donors (Lipinski definition) is 2. The Bertz CT molecular complexity index is 593. The molecule has 0 aliphatic carbocycles. The third-order valence-corrected chi connectivity index (χ3v) is 6.40. The molecule has 8 nitrogen and oxygen atoms in total. The highest BCUT2D eigenvalue weighted by Crippen LogP contribution is 2.27. The monoisotopic (exact) mass is 333 g/mol. The van der Waals surface area contributed by atoms with E-state index in [0.717, 1.165) is 30.7 Å². The molecule has 0 bridgehead atoms. The Labute approximate surface area is 128 Å². The maximum Gasteiger partial charge on any atom is 0.272 e. The van der Waals surface area contributed by atoms with Crippen LogP contribution in [0.25, 0.3) is 0 Å². The van der Waals surface area contributed by atoms with Crippen LogP contribution < -0.4 is 10.6 Å². The first-order valence-electron chi connectivity index (χ1n) is 6.69. The second-order valence-corrected chi connectivity index (χ2v) is 8.05. The van der Waals surface area contributed by atoms with Gasteiger partial charge in [-0.25, -0.2) is 8.42 Å². The minimum atomic E-state index is -3.61. The Balaban J connectivity index is 2.05. The van der Waals surface area contributed by atoms with Crippen molar-refractivity contribution in [2.24, 2.45) is 5.92 Å². The highest BCUT2D eigenvalue weighted by molar-refractivity contribution is 7.91. The standard InChI is InChI=1S/C11H19N5O3S2/c1-8(17)13-10-14-15-11(20-10)21(18,19)16-5-3-9(4-6-16)7-12-2/h9,12H,3-7H2,1-2H3,(H,13,14,17). The highest BCUT2D eigenvalue weighted by Gasteiger charge is 2.32. The summed E-state index contributed by atoms with van der Waals surface area (Å²) < 4.78 is 26.3. The van der Waals surface area contributed by atoms with Crippen LogP contribution in [0.15, 0.2) is 4.34 Å². The molecule has 2 N–H and O–H groups in total. The zero-order valence-electron chi connectivity index (χ0n) is 12.0. The van der Waals surface area contributed by atoms with Crippen LogP contribution in [0.4, 0.5) is 5.13 Å². The minimum Gasteiger partial charge on any atom is -0.319 e. The normalized spacial score (nSPS) is 17.8. The van der Waals surface area contributed by atoms with Crippen LogP contribution in [0.2, 0.25) is 0 Å². The van der Waals surface area contributed by atoms with Gasteiger partial charge in [0.15, 0.2) is 0 Å². The number of nitrogens with one attached hydrogen (secondary N) is 2. The number of rotatable bonds is 5. The molecule has 0 unspecified atom stereocenters. The van der Waals surface area contributed by atoms with E-state index in [1.807, 2.05) is 7.05 Å². The average molecular weight is 333 g/mol. The molecule has 10 heteroatoms. The third-order valence-electron chi connectivity index (χ3n) is 3.32. The number of carbonyl (C=O) groups is 1. The summed E-state index contributed by atoms with van der Waals surface area (Å²) in [5.41, 5.74) is 0. The number of carbonyl (C=O) groups excluding carboxylic acids is 1. The second kappa shape index (κ2) is 6.77. The lowest BCUT2D eigenvalue weighted by atomic mass is 9.98. The van der Waals surface area contributed by atoms with Gasteiger partial charge in [0.25, 0.3) is 10.0 Å². The van der Waals surface area contributed by atoms with Crippen LogP contribution in [-0.4, -0.2) is 55.5 Å². The molecule has 21 heavy (non-hydrogen) atoms. The molecular formula is C11H19N5O3S2. The summed E-state index contributed by atoms with van der Waals surface area (Å²) >= 11 is 0.877. The van der Waals surface area contributed by atoms with E-state index in [1.54, 1.807) is 0 Å². The molecule has 2 heterocycles. The lowest BCUT2D eigenvalue weighted by Gasteiger charge is -2.30. The molecule has 1 aliphatic heterocycles. The maximum absolute atomic E-state index is 12.5. The molecule has 0 radical (unpaired) electrons. The van der Waals surface area contributed by atoms with Crippen molar-refractivity contribution < 1.29 is 13.2 Å².